The summed E-state index contributed by atoms with van der Waals surface area (Å²) < 4.78 is 0. The summed E-state index contributed by atoms with van der Waals surface area (Å²) in [4.78, 5) is 14.3. The maximum absolute atomic E-state index is 12.3. The molecule has 0 aliphatic carbocycles. The van der Waals surface area contributed by atoms with Crippen LogP contribution in [0.15, 0.2) is 30.3 Å². The molecule has 2 unspecified atom stereocenters. The average molecular weight is 291 g/mol. The van der Waals surface area contributed by atoms with Crippen LogP contribution >= 0.6 is 12.6 Å². The minimum Gasteiger partial charge on any atom is -0.342 e. The van der Waals surface area contributed by atoms with Crippen molar-refractivity contribution in [3.05, 3.63) is 35.9 Å². The Morgan fingerprint density at radius 3 is 2.70 bits per heavy atom. The largest absolute Gasteiger partial charge is 0.342 e. The second-order valence-corrected chi connectivity index (χ2v) is 6.10. The molecule has 1 heterocycles. The highest BCUT2D eigenvalue weighted by Gasteiger charge is 2.24. The van der Waals surface area contributed by atoms with Crippen molar-refractivity contribution >= 4 is 18.5 Å². The van der Waals surface area contributed by atoms with E-state index in [1.165, 1.54) is 12.0 Å². The van der Waals surface area contributed by atoms with Crippen LogP contribution < -0.4 is 0 Å². The molecular weight excluding hydrogens is 266 g/mol. The fourth-order valence-electron chi connectivity index (χ4n) is 2.95. The van der Waals surface area contributed by atoms with Crippen LogP contribution in [0.5, 0.6) is 0 Å². The number of hydrogen-bond acceptors (Lipinski definition) is 2. The molecule has 0 N–H and O–H groups in total. The van der Waals surface area contributed by atoms with E-state index in [-0.39, 0.29) is 0 Å². The number of thiol groups is 1. The van der Waals surface area contributed by atoms with Gasteiger partial charge >= 0.3 is 0 Å². The number of likely N-dealkylation sites (tertiary alicyclic amines) is 1. The molecule has 1 aliphatic rings. The Hall–Kier alpha value is -0.960. The first-order valence-corrected chi connectivity index (χ1v) is 8.31. The fourth-order valence-corrected chi connectivity index (χ4v) is 3.28. The minimum absolute atomic E-state index is 0.323. The van der Waals surface area contributed by atoms with Gasteiger partial charge in [-0.2, -0.15) is 12.6 Å². The van der Waals surface area contributed by atoms with Crippen molar-refractivity contribution in [2.75, 3.05) is 18.8 Å². The SMILES string of the molecule is CCC1CCC(=O)N(CC(CS)c2ccccc2)CC1. The summed E-state index contributed by atoms with van der Waals surface area (Å²) in [7, 11) is 0. The molecule has 1 aliphatic heterocycles. The summed E-state index contributed by atoms with van der Waals surface area (Å²) >= 11 is 4.48. The molecule has 0 radical (unpaired) electrons. The highest BCUT2D eigenvalue weighted by Crippen LogP contribution is 2.24. The van der Waals surface area contributed by atoms with E-state index in [2.05, 4.69) is 48.7 Å². The van der Waals surface area contributed by atoms with Crippen LogP contribution in [0, 0.1) is 5.92 Å². The maximum Gasteiger partial charge on any atom is 0.222 e. The first-order chi connectivity index (χ1) is 9.74. The molecule has 0 saturated carbocycles. The molecule has 2 atom stereocenters. The van der Waals surface area contributed by atoms with Gasteiger partial charge in [-0.3, -0.25) is 4.79 Å². The second-order valence-electron chi connectivity index (χ2n) is 5.73. The van der Waals surface area contributed by atoms with Crippen molar-refractivity contribution in [3.63, 3.8) is 0 Å². The van der Waals surface area contributed by atoms with Gasteiger partial charge in [0.05, 0.1) is 0 Å². The molecule has 1 aromatic carbocycles. The number of benzene rings is 1. The van der Waals surface area contributed by atoms with Crippen LogP contribution in [0.3, 0.4) is 0 Å². The van der Waals surface area contributed by atoms with Crippen LogP contribution in [-0.4, -0.2) is 29.6 Å². The van der Waals surface area contributed by atoms with Gasteiger partial charge in [0.25, 0.3) is 0 Å². The number of amides is 1. The summed E-state index contributed by atoms with van der Waals surface area (Å²) in [6.07, 6.45) is 4.11. The number of carbonyl (C=O) groups excluding carboxylic acids is 1. The Bertz CT molecular complexity index is 420. The highest BCUT2D eigenvalue weighted by atomic mass is 32.1. The zero-order valence-electron chi connectivity index (χ0n) is 12.3. The Balaban J connectivity index is 2.01. The van der Waals surface area contributed by atoms with Crippen LogP contribution in [0.1, 0.15) is 44.1 Å². The third kappa shape index (κ3) is 4.02. The van der Waals surface area contributed by atoms with Gasteiger partial charge in [0.2, 0.25) is 5.91 Å². The summed E-state index contributed by atoms with van der Waals surface area (Å²) in [5, 5.41) is 0. The molecule has 2 rings (SSSR count). The Morgan fingerprint density at radius 1 is 1.30 bits per heavy atom. The van der Waals surface area contributed by atoms with E-state index in [1.807, 2.05) is 6.07 Å². The molecule has 2 nitrogen and oxygen atoms in total. The molecule has 1 amide bonds. The molecule has 0 aromatic heterocycles. The van der Waals surface area contributed by atoms with Gasteiger partial charge in [-0.15, -0.1) is 0 Å². The van der Waals surface area contributed by atoms with Gasteiger partial charge in [0.15, 0.2) is 0 Å². The first-order valence-electron chi connectivity index (χ1n) is 7.68. The molecule has 0 spiro atoms. The van der Waals surface area contributed by atoms with Gasteiger partial charge < -0.3 is 4.90 Å². The summed E-state index contributed by atoms with van der Waals surface area (Å²) in [5.74, 6) is 2.16. The van der Waals surface area contributed by atoms with E-state index in [0.717, 1.165) is 37.6 Å². The first kappa shape index (κ1) is 15.4. The topological polar surface area (TPSA) is 20.3 Å². The highest BCUT2D eigenvalue weighted by molar-refractivity contribution is 7.80. The van der Waals surface area contributed by atoms with Crippen LogP contribution in [0.25, 0.3) is 0 Å². The molecule has 3 heteroatoms. The van der Waals surface area contributed by atoms with Gasteiger partial charge in [0.1, 0.15) is 0 Å². The number of rotatable bonds is 5. The van der Waals surface area contributed by atoms with Crippen LogP contribution in [0.2, 0.25) is 0 Å². The molecular formula is C17H25NOS. The molecule has 110 valence electrons. The van der Waals surface area contributed by atoms with Gasteiger partial charge in [-0.25, -0.2) is 0 Å². The quantitative estimate of drug-likeness (QED) is 0.819. The Labute approximate surface area is 128 Å². The summed E-state index contributed by atoms with van der Waals surface area (Å²) in [5.41, 5.74) is 1.28. The molecule has 20 heavy (non-hydrogen) atoms. The van der Waals surface area contributed by atoms with Crippen molar-refractivity contribution in [2.24, 2.45) is 5.92 Å². The average Bonchev–Trinajstić information content (AvgIpc) is 2.67. The van der Waals surface area contributed by atoms with E-state index < -0.39 is 0 Å². The standard InChI is InChI=1S/C17H25NOS/c1-2-14-8-9-17(19)18(11-10-14)12-16(13-20)15-6-4-3-5-7-15/h3-7,14,16,20H,2,8-13H2,1H3. The smallest absolute Gasteiger partial charge is 0.222 e. The molecule has 1 saturated heterocycles. The van der Waals surface area contributed by atoms with Crippen molar-refractivity contribution in [1.29, 1.82) is 0 Å². The fraction of sp³-hybridized carbons (Fsp3) is 0.588. The van der Waals surface area contributed by atoms with E-state index in [1.54, 1.807) is 0 Å². The number of hydrogen-bond donors (Lipinski definition) is 1. The van der Waals surface area contributed by atoms with E-state index in [0.29, 0.717) is 18.2 Å². The molecule has 1 aromatic rings. The lowest BCUT2D eigenvalue weighted by atomic mass is 9.98. The third-order valence-electron chi connectivity index (χ3n) is 4.44. The van der Waals surface area contributed by atoms with Gasteiger partial charge in [-0.1, -0.05) is 43.7 Å². The zero-order valence-corrected chi connectivity index (χ0v) is 13.2. The predicted molar refractivity (Wildman–Crippen MR) is 87.2 cm³/mol. The summed E-state index contributed by atoms with van der Waals surface area (Å²) in [6, 6.07) is 10.4. The number of carbonyl (C=O) groups is 1. The summed E-state index contributed by atoms with van der Waals surface area (Å²) in [6.45, 7) is 3.95. The van der Waals surface area contributed by atoms with Crippen molar-refractivity contribution in [1.82, 2.24) is 4.90 Å². The van der Waals surface area contributed by atoms with Crippen molar-refractivity contribution < 1.29 is 4.79 Å². The van der Waals surface area contributed by atoms with Crippen molar-refractivity contribution in [2.45, 2.75) is 38.5 Å². The monoisotopic (exact) mass is 291 g/mol. The molecule has 1 fully saturated rings. The third-order valence-corrected chi connectivity index (χ3v) is 4.88. The Kier molecular flexibility index (Phi) is 5.96. The van der Waals surface area contributed by atoms with Gasteiger partial charge in [-0.05, 0) is 30.1 Å². The zero-order chi connectivity index (χ0) is 14.4. The lowest BCUT2D eigenvalue weighted by molar-refractivity contribution is -0.130. The maximum atomic E-state index is 12.3. The lowest BCUT2D eigenvalue weighted by Gasteiger charge is -2.26. The van der Waals surface area contributed by atoms with Crippen LogP contribution in [-0.2, 0) is 4.79 Å². The van der Waals surface area contributed by atoms with Gasteiger partial charge in [0, 0.05) is 25.4 Å². The van der Waals surface area contributed by atoms with E-state index in [4.69, 9.17) is 0 Å². The van der Waals surface area contributed by atoms with Crippen LogP contribution in [0.4, 0.5) is 0 Å². The minimum atomic E-state index is 0.323. The molecule has 0 bridgehead atoms. The number of nitrogens with zero attached hydrogens (tertiary/aromatic N) is 1. The predicted octanol–water partition coefficient (Wildman–Crippen LogP) is 3.74. The van der Waals surface area contributed by atoms with E-state index in [9.17, 15) is 4.79 Å². The van der Waals surface area contributed by atoms with E-state index >= 15 is 0 Å². The normalized spacial score (nSPS) is 21.6. The second kappa shape index (κ2) is 7.72. The lowest BCUT2D eigenvalue weighted by Crippen LogP contribution is -2.34. The van der Waals surface area contributed by atoms with Crippen molar-refractivity contribution in [3.8, 4) is 0 Å². The Morgan fingerprint density at radius 2 is 2.05 bits per heavy atom.